The van der Waals surface area contributed by atoms with Crippen LogP contribution in [0.2, 0.25) is 0 Å². The van der Waals surface area contributed by atoms with Crippen molar-refractivity contribution >= 4 is 27.8 Å². The molecule has 0 saturated heterocycles. The van der Waals surface area contributed by atoms with E-state index in [-0.39, 0.29) is 17.9 Å². The van der Waals surface area contributed by atoms with Crippen LogP contribution in [-0.2, 0) is 18.4 Å². The lowest BCUT2D eigenvalue weighted by atomic mass is 10.0. The lowest BCUT2D eigenvalue weighted by Gasteiger charge is -2.22. The predicted octanol–water partition coefficient (Wildman–Crippen LogP) is 4.43. The average molecular weight is 374 g/mol. The number of nitrogens with zero attached hydrogens (tertiary/aromatic N) is 3. The molecule has 5 heteroatoms. The van der Waals surface area contributed by atoms with Crippen LogP contribution in [0.1, 0.15) is 32.1 Å². The number of nitrogens with one attached hydrogen (secondary N) is 1. The number of hydrogen-bond acceptors (Lipinski definition) is 2. The van der Waals surface area contributed by atoms with Crippen LogP contribution in [0.15, 0.2) is 60.8 Å². The summed E-state index contributed by atoms with van der Waals surface area (Å²) in [6.45, 7) is 4.89. The Hall–Kier alpha value is -3.08. The van der Waals surface area contributed by atoms with Crippen molar-refractivity contribution < 1.29 is 4.79 Å². The molecular formula is C23H26N4O. The summed E-state index contributed by atoms with van der Waals surface area (Å²) < 4.78 is 4.22. The highest BCUT2D eigenvalue weighted by molar-refractivity contribution is 5.81. The summed E-state index contributed by atoms with van der Waals surface area (Å²) in [5.41, 5.74) is 3.20. The smallest absolute Gasteiger partial charge is 0.222 e. The van der Waals surface area contributed by atoms with Gasteiger partial charge < -0.3 is 14.5 Å². The number of carbonyl (C=O) groups excluding carboxylic acids is 1. The lowest BCUT2D eigenvalue weighted by molar-refractivity contribution is -0.122. The standard InChI is InChI=1S/C23H26N4O/c1-16(2)22(23-24-18-9-5-7-11-20(18)26(23)3)25-21(28)13-15-27-14-12-17-8-4-6-10-19(17)27/h4-12,14,16,22H,13,15H2,1-3H3,(H,25,28)/t22-/m1/s1. The molecule has 0 aliphatic heterocycles. The van der Waals surface area contributed by atoms with Crippen molar-refractivity contribution in [3.63, 3.8) is 0 Å². The zero-order chi connectivity index (χ0) is 19.7. The first-order valence-electron chi connectivity index (χ1n) is 9.79. The van der Waals surface area contributed by atoms with Crippen LogP contribution in [0, 0.1) is 5.92 Å². The monoisotopic (exact) mass is 374 g/mol. The third-order valence-corrected chi connectivity index (χ3v) is 5.34. The summed E-state index contributed by atoms with van der Waals surface area (Å²) in [5, 5.41) is 4.41. The van der Waals surface area contributed by atoms with Gasteiger partial charge in [0.05, 0.1) is 17.1 Å². The van der Waals surface area contributed by atoms with Gasteiger partial charge in [0, 0.05) is 31.7 Å². The minimum absolute atomic E-state index is 0.0449. The molecule has 0 aliphatic rings. The predicted molar refractivity (Wildman–Crippen MR) is 113 cm³/mol. The fourth-order valence-electron chi connectivity index (χ4n) is 3.77. The van der Waals surface area contributed by atoms with Gasteiger partial charge in [-0.05, 0) is 35.6 Å². The van der Waals surface area contributed by atoms with E-state index in [1.165, 1.54) is 5.39 Å². The Morgan fingerprint density at radius 3 is 2.50 bits per heavy atom. The molecule has 1 amide bonds. The van der Waals surface area contributed by atoms with Crippen LogP contribution in [0.5, 0.6) is 0 Å². The second-order valence-corrected chi connectivity index (χ2v) is 7.62. The molecule has 5 nitrogen and oxygen atoms in total. The van der Waals surface area contributed by atoms with E-state index in [2.05, 4.69) is 52.6 Å². The zero-order valence-corrected chi connectivity index (χ0v) is 16.6. The molecule has 2 aromatic heterocycles. The van der Waals surface area contributed by atoms with Gasteiger partial charge in [-0.1, -0.05) is 44.2 Å². The van der Waals surface area contributed by atoms with Crippen LogP contribution in [-0.4, -0.2) is 20.0 Å². The van der Waals surface area contributed by atoms with E-state index in [1.807, 2.05) is 43.6 Å². The normalized spacial score (nSPS) is 12.7. The van der Waals surface area contributed by atoms with Crippen molar-refractivity contribution in [2.24, 2.45) is 13.0 Å². The Kier molecular flexibility index (Phi) is 4.90. The van der Waals surface area contributed by atoms with Crippen LogP contribution in [0.4, 0.5) is 0 Å². The first kappa shape index (κ1) is 18.3. The van der Waals surface area contributed by atoms with Crippen molar-refractivity contribution in [2.45, 2.75) is 32.9 Å². The number of benzene rings is 2. The number of amides is 1. The molecular weight excluding hydrogens is 348 g/mol. The van der Waals surface area contributed by atoms with Crippen molar-refractivity contribution in [2.75, 3.05) is 0 Å². The second kappa shape index (κ2) is 7.50. The second-order valence-electron chi connectivity index (χ2n) is 7.62. The summed E-state index contributed by atoms with van der Waals surface area (Å²) in [6.07, 6.45) is 2.48. The summed E-state index contributed by atoms with van der Waals surface area (Å²) in [5.74, 6) is 1.19. The molecule has 0 saturated carbocycles. The number of rotatable bonds is 6. The van der Waals surface area contributed by atoms with E-state index in [1.54, 1.807) is 0 Å². The molecule has 0 unspecified atom stereocenters. The molecule has 2 heterocycles. The minimum Gasteiger partial charge on any atom is -0.347 e. The SMILES string of the molecule is CC(C)[C@@H](NC(=O)CCn1ccc2ccccc21)c1nc2ccccc2n1C. The molecule has 0 bridgehead atoms. The first-order chi connectivity index (χ1) is 13.5. The van der Waals surface area contributed by atoms with E-state index in [0.717, 1.165) is 22.4 Å². The number of para-hydroxylation sites is 3. The van der Waals surface area contributed by atoms with Gasteiger partial charge in [0.1, 0.15) is 5.82 Å². The minimum atomic E-state index is -0.119. The van der Waals surface area contributed by atoms with E-state index >= 15 is 0 Å². The Labute approximate surface area is 165 Å². The zero-order valence-electron chi connectivity index (χ0n) is 16.6. The molecule has 4 aromatic rings. The largest absolute Gasteiger partial charge is 0.347 e. The first-order valence-corrected chi connectivity index (χ1v) is 9.79. The molecule has 1 N–H and O–H groups in total. The summed E-state index contributed by atoms with van der Waals surface area (Å²) in [7, 11) is 2.01. The number of aryl methyl sites for hydroxylation is 2. The molecule has 144 valence electrons. The van der Waals surface area contributed by atoms with Gasteiger partial charge in [-0.2, -0.15) is 0 Å². The fourth-order valence-corrected chi connectivity index (χ4v) is 3.77. The third-order valence-electron chi connectivity index (χ3n) is 5.34. The molecule has 0 fully saturated rings. The van der Waals surface area contributed by atoms with Gasteiger partial charge in [-0.3, -0.25) is 4.79 Å². The maximum Gasteiger partial charge on any atom is 0.222 e. The highest BCUT2D eigenvalue weighted by Gasteiger charge is 2.23. The highest BCUT2D eigenvalue weighted by atomic mass is 16.1. The Morgan fingerprint density at radius 1 is 1.04 bits per heavy atom. The van der Waals surface area contributed by atoms with Crippen molar-refractivity contribution in [3.8, 4) is 0 Å². The van der Waals surface area contributed by atoms with Gasteiger partial charge in [0.15, 0.2) is 0 Å². The highest BCUT2D eigenvalue weighted by Crippen LogP contribution is 2.25. The van der Waals surface area contributed by atoms with Crippen LogP contribution >= 0.6 is 0 Å². The van der Waals surface area contributed by atoms with Crippen LogP contribution < -0.4 is 5.32 Å². The number of aromatic nitrogens is 3. The molecule has 2 aromatic carbocycles. The molecule has 0 spiro atoms. The molecule has 1 atom stereocenters. The number of hydrogen-bond donors (Lipinski definition) is 1. The Bertz CT molecular complexity index is 1120. The van der Waals surface area contributed by atoms with E-state index < -0.39 is 0 Å². The van der Waals surface area contributed by atoms with Gasteiger partial charge in [-0.15, -0.1) is 0 Å². The van der Waals surface area contributed by atoms with Crippen molar-refractivity contribution in [1.82, 2.24) is 19.4 Å². The topological polar surface area (TPSA) is 51.9 Å². The van der Waals surface area contributed by atoms with Gasteiger partial charge >= 0.3 is 0 Å². The maximum atomic E-state index is 12.7. The molecule has 28 heavy (non-hydrogen) atoms. The maximum absolute atomic E-state index is 12.7. The summed E-state index contributed by atoms with van der Waals surface area (Å²) >= 11 is 0. The summed E-state index contributed by atoms with van der Waals surface area (Å²) in [4.78, 5) is 17.5. The Balaban J connectivity index is 1.50. The van der Waals surface area contributed by atoms with Gasteiger partial charge in [-0.25, -0.2) is 4.98 Å². The van der Waals surface area contributed by atoms with Crippen LogP contribution in [0.25, 0.3) is 21.9 Å². The van der Waals surface area contributed by atoms with Crippen molar-refractivity contribution in [3.05, 3.63) is 66.6 Å². The Morgan fingerprint density at radius 2 is 1.75 bits per heavy atom. The molecule has 0 aliphatic carbocycles. The van der Waals surface area contributed by atoms with E-state index in [4.69, 9.17) is 4.98 Å². The van der Waals surface area contributed by atoms with E-state index in [9.17, 15) is 4.79 Å². The van der Waals surface area contributed by atoms with Crippen LogP contribution in [0.3, 0.4) is 0 Å². The van der Waals surface area contributed by atoms with Gasteiger partial charge in [0.2, 0.25) is 5.91 Å². The average Bonchev–Trinajstić information content (AvgIpc) is 3.26. The third kappa shape index (κ3) is 3.40. The fraction of sp³-hybridized carbons (Fsp3) is 0.304. The summed E-state index contributed by atoms with van der Waals surface area (Å²) in [6, 6.07) is 18.3. The lowest BCUT2D eigenvalue weighted by Crippen LogP contribution is -2.33. The molecule has 0 radical (unpaired) electrons. The number of imidazole rings is 1. The van der Waals surface area contributed by atoms with Gasteiger partial charge in [0.25, 0.3) is 0 Å². The number of carbonyl (C=O) groups is 1. The number of fused-ring (bicyclic) bond motifs is 2. The van der Waals surface area contributed by atoms with E-state index in [0.29, 0.717) is 13.0 Å². The van der Waals surface area contributed by atoms with Crippen molar-refractivity contribution in [1.29, 1.82) is 0 Å². The molecule has 4 rings (SSSR count). The quantitative estimate of drug-likeness (QED) is 0.543.